The molecule has 0 aromatic heterocycles. The number of hydrogen-bond acceptors (Lipinski definition) is 15. The Labute approximate surface area is 580 Å². The Hall–Kier alpha value is -2.40. The molecule has 15 nitrogen and oxygen atoms in total. The van der Waals surface area contributed by atoms with Crippen LogP contribution in [0.4, 0.5) is 0 Å². The van der Waals surface area contributed by atoms with Crippen molar-refractivity contribution < 1.29 is 57.1 Å². The predicted molar refractivity (Wildman–Crippen MR) is 391 cm³/mol. The molecule has 0 aliphatic rings. The highest BCUT2D eigenvalue weighted by atomic mass is 16.5. The third-order valence-electron chi connectivity index (χ3n) is 18.5. The molecule has 0 fully saturated rings. The van der Waals surface area contributed by atoms with Gasteiger partial charge < -0.3 is 42.8 Å². The molecule has 558 valence electrons. The van der Waals surface area contributed by atoms with E-state index in [1.54, 1.807) is 0 Å². The van der Waals surface area contributed by atoms with Crippen LogP contribution in [0.1, 0.15) is 325 Å². The average molecular weight is 1340 g/mol. The molecule has 0 aliphatic heterocycles. The number of rotatable bonds is 76. The zero-order valence-electron chi connectivity index (χ0n) is 63.4. The van der Waals surface area contributed by atoms with Crippen LogP contribution >= 0.6 is 0 Å². The summed E-state index contributed by atoms with van der Waals surface area (Å²) in [5.41, 5.74) is 0. The Kier molecular flexibility index (Phi) is 70.0. The lowest BCUT2D eigenvalue weighted by atomic mass is 9.95. The third-order valence-corrected chi connectivity index (χ3v) is 18.5. The number of esters is 4. The molecule has 0 amide bonds. The summed E-state index contributed by atoms with van der Waals surface area (Å²) in [6.07, 6.45) is 43.8. The molecule has 4 atom stereocenters. The lowest BCUT2D eigenvalue weighted by molar-refractivity contribution is -0.150. The lowest BCUT2D eigenvalue weighted by Gasteiger charge is -2.25. The Morgan fingerprint density at radius 1 is 0.223 bits per heavy atom. The van der Waals surface area contributed by atoms with E-state index in [-0.39, 0.29) is 47.5 Å². The van der Waals surface area contributed by atoms with Crippen LogP contribution in [0.15, 0.2) is 0 Å². The van der Waals surface area contributed by atoms with Crippen molar-refractivity contribution in [3.05, 3.63) is 0 Å². The van der Waals surface area contributed by atoms with Gasteiger partial charge in [0.1, 0.15) is 0 Å². The third kappa shape index (κ3) is 58.6. The fraction of sp³-hybridized carbons (Fsp3) is 0.949. The Morgan fingerprint density at radius 3 is 0.660 bits per heavy atom. The summed E-state index contributed by atoms with van der Waals surface area (Å²) < 4.78 is 47.9. The molecule has 0 aliphatic carbocycles. The number of hydrogen-bond donors (Lipinski definition) is 0. The summed E-state index contributed by atoms with van der Waals surface area (Å²) in [7, 11) is 2.23. The van der Waals surface area contributed by atoms with Crippen LogP contribution in [0.5, 0.6) is 0 Å². The van der Waals surface area contributed by atoms with Crippen LogP contribution in [0, 0.1) is 23.7 Å². The van der Waals surface area contributed by atoms with Crippen molar-refractivity contribution in [1.29, 1.82) is 0 Å². The Morgan fingerprint density at radius 2 is 0.436 bits per heavy atom. The zero-order valence-corrected chi connectivity index (χ0v) is 63.4. The summed E-state index contributed by atoms with van der Waals surface area (Å²) in [6, 6.07) is 0. The topological polar surface area (TPSA) is 152 Å². The van der Waals surface area contributed by atoms with Crippen LogP contribution < -0.4 is 0 Å². The van der Waals surface area contributed by atoms with Crippen LogP contribution in [0.25, 0.3) is 0 Å². The molecule has 0 saturated carbocycles. The smallest absolute Gasteiger partial charge is 0.308 e. The predicted octanol–water partition coefficient (Wildman–Crippen LogP) is 18.8. The normalized spacial score (nSPS) is 13.1. The first-order valence-electron chi connectivity index (χ1n) is 40.2. The first kappa shape index (κ1) is 91.6. The van der Waals surface area contributed by atoms with Gasteiger partial charge in [-0.15, -0.1) is 0 Å². The molecule has 0 aromatic carbocycles. The molecule has 4 unspecified atom stereocenters. The van der Waals surface area contributed by atoms with Crippen molar-refractivity contribution in [1.82, 2.24) is 14.7 Å². The minimum atomic E-state index is -0.0142. The number of nitrogens with zero attached hydrogens (tertiary/aromatic N) is 3. The van der Waals surface area contributed by atoms with Crippen LogP contribution in [0.3, 0.4) is 0 Å². The monoisotopic (exact) mass is 1340 g/mol. The highest BCUT2D eigenvalue weighted by Crippen LogP contribution is 2.23. The summed E-state index contributed by atoms with van der Waals surface area (Å²) >= 11 is 0. The number of carbonyl (C=O) groups excluding carboxylic acids is 4. The molecular formula is C79H155N3O12. The Bertz CT molecular complexity index is 1410. The van der Waals surface area contributed by atoms with E-state index >= 15 is 0 Å². The SMILES string of the molecule is CCCCCCC(CCCC)C(=O)OCCCCOCCN(CCCN(C)CCCN(CCOCCCCOC(=O)C(CCCC)CCCCCC)CCOCCCCOC(=O)C(CCCC)CCCCCC)CCOCCCCOC(=O)C(CCCC)CCCCCC. The van der Waals surface area contributed by atoms with Gasteiger partial charge in [0.05, 0.1) is 76.5 Å². The summed E-state index contributed by atoms with van der Waals surface area (Å²) in [5, 5.41) is 0. The van der Waals surface area contributed by atoms with Gasteiger partial charge in [0.25, 0.3) is 0 Å². The molecular weight excluding hydrogens is 1180 g/mol. The fourth-order valence-electron chi connectivity index (χ4n) is 12.1. The lowest BCUT2D eigenvalue weighted by Crippen LogP contribution is -2.35. The summed E-state index contributed by atoms with van der Waals surface area (Å²) in [6.45, 7) is 31.8. The van der Waals surface area contributed by atoms with Gasteiger partial charge in [-0.2, -0.15) is 0 Å². The summed E-state index contributed by atoms with van der Waals surface area (Å²) in [5.74, 6) is 0.0578. The maximum Gasteiger partial charge on any atom is 0.308 e. The van der Waals surface area contributed by atoms with Crippen molar-refractivity contribution in [2.24, 2.45) is 23.7 Å². The average Bonchev–Trinajstić information content (AvgIpc) is 3.05. The standard InChI is InChI=1S/C79H155N3O12/c1-10-18-26-30-48-72(44-22-14-5)76(83)91-64-38-34-60-87-68-56-81(57-69-88-61-35-39-65-92-77(84)73(45-23-15-6)49-31-27-19-11-2)54-42-52-80(9)53-43-55-82(58-70-89-62-36-40-66-93-78(85)74(46-24-16-7)50-32-28-20-12-3)59-71-90-63-37-41-67-94-79(86)75(47-25-17-8)51-33-29-21-13-4/h72-75H,10-71H2,1-9H3. The van der Waals surface area contributed by atoms with Crippen LogP contribution in [-0.4, -0.2) is 177 Å². The van der Waals surface area contributed by atoms with Gasteiger partial charge in [-0.25, -0.2) is 0 Å². The molecule has 0 rings (SSSR count). The van der Waals surface area contributed by atoms with Crippen LogP contribution in [-0.2, 0) is 57.1 Å². The minimum absolute atomic E-state index is 0.0142. The van der Waals surface area contributed by atoms with E-state index in [4.69, 9.17) is 37.9 Å². The first-order valence-corrected chi connectivity index (χ1v) is 40.2. The molecule has 15 heteroatoms. The van der Waals surface area contributed by atoms with Crippen molar-refractivity contribution in [2.75, 3.05) is 139 Å². The van der Waals surface area contributed by atoms with Crippen molar-refractivity contribution in [3.63, 3.8) is 0 Å². The maximum absolute atomic E-state index is 13.0. The quantitative estimate of drug-likeness (QED) is 0.0322. The molecule has 0 N–H and O–H groups in total. The van der Waals surface area contributed by atoms with Crippen LogP contribution in [0.2, 0.25) is 0 Å². The molecule has 0 heterocycles. The van der Waals surface area contributed by atoms with E-state index in [1.165, 1.54) is 77.0 Å². The molecule has 0 saturated heterocycles. The van der Waals surface area contributed by atoms with E-state index in [9.17, 15) is 19.2 Å². The largest absolute Gasteiger partial charge is 0.465 e. The van der Waals surface area contributed by atoms with Gasteiger partial charge in [-0.3, -0.25) is 29.0 Å². The van der Waals surface area contributed by atoms with E-state index in [1.807, 2.05) is 0 Å². The van der Waals surface area contributed by atoms with E-state index in [2.05, 4.69) is 77.1 Å². The number of carbonyl (C=O) groups is 4. The molecule has 94 heavy (non-hydrogen) atoms. The van der Waals surface area contributed by atoms with Gasteiger partial charge in [-0.05, 0) is 149 Å². The number of unbranched alkanes of at least 4 members (excludes halogenated alkanes) is 20. The van der Waals surface area contributed by atoms with Crippen molar-refractivity contribution >= 4 is 23.9 Å². The first-order chi connectivity index (χ1) is 46.0. The van der Waals surface area contributed by atoms with E-state index < -0.39 is 0 Å². The van der Waals surface area contributed by atoms with E-state index in [0.717, 1.165) is 245 Å². The molecule has 0 spiro atoms. The highest BCUT2D eigenvalue weighted by molar-refractivity contribution is 5.73. The van der Waals surface area contributed by atoms with Gasteiger partial charge in [-0.1, -0.05) is 209 Å². The second kappa shape index (κ2) is 71.9. The minimum Gasteiger partial charge on any atom is -0.465 e. The maximum atomic E-state index is 13.0. The van der Waals surface area contributed by atoms with Gasteiger partial charge in [0.15, 0.2) is 0 Å². The van der Waals surface area contributed by atoms with Crippen molar-refractivity contribution in [3.8, 4) is 0 Å². The number of ether oxygens (including phenoxy) is 8. The zero-order chi connectivity index (χ0) is 68.8. The van der Waals surface area contributed by atoms with Gasteiger partial charge >= 0.3 is 23.9 Å². The Balaban J connectivity index is 5.43. The van der Waals surface area contributed by atoms with Gasteiger partial charge in [0.2, 0.25) is 0 Å². The molecule has 0 radical (unpaired) electrons. The molecule has 0 aromatic rings. The second-order valence-corrected chi connectivity index (χ2v) is 27.4. The molecule has 0 bridgehead atoms. The second-order valence-electron chi connectivity index (χ2n) is 27.4. The summed E-state index contributed by atoms with van der Waals surface area (Å²) in [4.78, 5) is 59.3. The highest BCUT2D eigenvalue weighted by Gasteiger charge is 2.23. The fourth-order valence-corrected chi connectivity index (χ4v) is 12.1. The van der Waals surface area contributed by atoms with Gasteiger partial charge in [0, 0.05) is 52.6 Å². The van der Waals surface area contributed by atoms with Crippen molar-refractivity contribution in [2.45, 2.75) is 325 Å². The van der Waals surface area contributed by atoms with E-state index in [0.29, 0.717) is 79.3 Å².